The van der Waals surface area contributed by atoms with E-state index in [2.05, 4.69) is 20.3 Å². The molecule has 0 saturated heterocycles. The number of rotatable bonds is 3. The predicted octanol–water partition coefficient (Wildman–Crippen LogP) is 1.87. The highest BCUT2D eigenvalue weighted by Gasteiger charge is 2.12. The number of nitrogens with zero attached hydrogens (tertiary/aromatic N) is 3. The molecule has 1 aromatic carbocycles. The lowest BCUT2D eigenvalue weighted by molar-refractivity contribution is 0.379. The number of methoxy groups -OCH3 is 1. The summed E-state index contributed by atoms with van der Waals surface area (Å²) in [4.78, 5) is 11.8. The van der Waals surface area contributed by atoms with E-state index in [0.717, 1.165) is 12.1 Å². The van der Waals surface area contributed by atoms with Crippen LogP contribution in [0.5, 0.6) is 6.01 Å². The molecule has 2 rings (SSSR count). The maximum atomic E-state index is 13.6. The third-order valence-electron chi connectivity index (χ3n) is 2.19. The van der Waals surface area contributed by atoms with Gasteiger partial charge in [-0.15, -0.1) is 0 Å². The second-order valence-electron chi connectivity index (χ2n) is 3.34. The van der Waals surface area contributed by atoms with E-state index in [1.54, 1.807) is 7.05 Å². The van der Waals surface area contributed by atoms with Crippen molar-refractivity contribution >= 4 is 5.95 Å². The van der Waals surface area contributed by atoms with Crippen LogP contribution in [0.3, 0.4) is 0 Å². The van der Waals surface area contributed by atoms with Crippen LogP contribution < -0.4 is 10.1 Å². The zero-order valence-corrected chi connectivity index (χ0v) is 9.74. The Bertz CT molecular complexity index is 555. The van der Waals surface area contributed by atoms with E-state index in [-0.39, 0.29) is 23.3 Å². The minimum Gasteiger partial charge on any atom is -0.467 e. The minimum atomic E-state index is -0.745. The van der Waals surface area contributed by atoms with Crippen molar-refractivity contribution in [3.05, 3.63) is 29.8 Å². The largest absolute Gasteiger partial charge is 0.467 e. The van der Waals surface area contributed by atoms with Gasteiger partial charge in [0.1, 0.15) is 11.6 Å². The second kappa shape index (κ2) is 4.91. The van der Waals surface area contributed by atoms with Crippen LogP contribution in [0.4, 0.5) is 14.7 Å². The Morgan fingerprint density at radius 2 is 1.94 bits per heavy atom. The standard InChI is InChI=1S/C11H10F2N4O/c1-14-10-15-9(16-11(17-10)18-2)7-4-3-6(12)5-8(7)13/h3-5H,1-2H3,(H,14,15,16,17). The molecule has 0 atom stereocenters. The van der Waals surface area contributed by atoms with E-state index in [9.17, 15) is 8.78 Å². The molecular formula is C11H10F2N4O. The Balaban J connectivity index is 2.55. The van der Waals surface area contributed by atoms with Crippen LogP contribution in [0.25, 0.3) is 11.4 Å². The highest BCUT2D eigenvalue weighted by Crippen LogP contribution is 2.22. The van der Waals surface area contributed by atoms with E-state index in [0.29, 0.717) is 0 Å². The van der Waals surface area contributed by atoms with Gasteiger partial charge in [0.2, 0.25) is 5.95 Å². The van der Waals surface area contributed by atoms with Gasteiger partial charge in [-0.1, -0.05) is 0 Å². The number of hydrogen-bond acceptors (Lipinski definition) is 5. The first-order valence-electron chi connectivity index (χ1n) is 5.07. The Labute approximate surface area is 102 Å². The Hall–Kier alpha value is -2.31. The number of benzene rings is 1. The van der Waals surface area contributed by atoms with E-state index < -0.39 is 11.6 Å². The van der Waals surface area contributed by atoms with Crippen molar-refractivity contribution in [2.75, 3.05) is 19.5 Å². The lowest BCUT2D eigenvalue weighted by Gasteiger charge is -2.06. The molecule has 94 valence electrons. The van der Waals surface area contributed by atoms with Crippen molar-refractivity contribution in [2.24, 2.45) is 0 Å². The van der Waals surface area contributed by atoms with Gasteiger partial charge in [-0.2, -0.15) is 15.0 Å². The highest BCUT2D eigenvalue weighted by atomic mass is 19.1. The van der Waals surface area contributed by atoms with E-state index >= 15 is 0 Å². The van der Waals surface area contributed by atoms with E-state index in [1.807, 2.05) is 0 Å². The summed E-state index contributed by atoms with van der Waals surface area (Å²) in [6.07, 6.45) is 0. The van der Waals surface area contributed by atoms with Crippen molar-refractivity contribution in [1.29, 1.82) is 0 Å². The second-order valence-corrected chi connectivity index (χ2v) is 3.34. The van der Waals surface area contributed by atoms with Crippen molar-refractivity contribution in [3.63, 3.8) is 0 Å². The SMILES string of the molecule is CNc1nc(OC)nc(-c2ccc(F)cc2F)n1. The number of aromatic nitrogens is 3. The lowest BCUT2D eigenvalue weighted by Crippen LogP contribution is -2.04. The predicted molar refractivity (Wildman–Crippen MR) is 61.3 cm³/mol. The molecule has 0 amide bonds. The van der Waals surface area contributed by atoms with Gasteiger partial charge >= 0.3 is 6.01 Å². The molecule has 0 aliphatic rings. The molecule has 0 radical (unpaired) electrons. The first-order chi connectivity index (χ1) is 8.63. The monoisotopic (exact) mass is 252 g/mol. The summed E-state index contributed by atoms with van der Waals surface area (Å²) in [5.74, 6) is -1.10. The first-order valence-corrected chi connectivity index (χ1v) is 5.07. The zero-order valence-electron chi connectivity index (χ0n) is 9.74. The van der Waals surface area contributed by atoms with Gasteiger partial charge in [0.25, 0.3) is 0 Å². The molecule has 2 aromatic rings. The molecule has 1 aromatic heterocycles. The van der Waals surface area contributed by atoms with Gasteiger partial charge in [-0.05, 0) is 12.1 Å². The number of anilines is 1. The van der Waals surface area contributed by atoms with Crippen molar-refractivity contribution in [3.8, 4) is 17.4 Å². The van der Waals surface area contributed by atoms with E-state index in [1.165, 1.54) is 13.2 Å². The molecule has 0 unspecified atom stereocenters. The first kappa shape index (κ1) is 12.2. The van der Waals surface area contributed by atoms with Gasteiger partial charge in [-0.3, -0.25) is 0 Å². The van der Waals surface area contributed by atoms with Crippen LogP contribution in [-0.2, 0) is 0 Å². The van der Waals surface area contributed by atoms with Gasteiger partial charge in [-0.25, -0.2) is 8.78 Å². The van der Waals surface area contributed by atoms with Crippen LogP contribution in [0, 0.1) is 11.6 Å². The smallest absolute Gasteiger partial charge is 0.321 e. The third kappa shape index (κ3) is 2.34. The van der Waals surface area contributed by atoms with Crippen LogP contribution in [0.2, 0.25) is 0 Å². The average Bonchev–Trinajstić information content (AvgIpc) is 2.38. The molecular weight excluding hydrogens is 242 g/mol. The highest BCUT2D eigenvalue weighted by molar-refractivity contribution is 5.57. The minimum absolute atomic E-state index is 0.0491. The number of ether oxygens (including phenoxy) is 1. The molecule has 1 heterocycles. The summed E-state index contributed by atoms with van der Waals surface area (Å²) in [7, 11) is 3.00. The normalized spacial score (nSPS) is 10.2. The van der Waals surface area contributed by atoms with Crippen molar-refractivity contribution in [2.45, 2.75) is 0 Å². The fourth-order valence-corrected chi connectivity index (χ4v) is 1.35. The summed E-state index contributed by atoms with van der Waals surface area (Å²) < 4.78 is 31.3. The van der Waals surface area contributed by atoms with Gasteiger partial charge in [0, 0.05) is 13.1 Å². The maximum absolute atomic E-state index is 13.6. The van der Waals surface area contributed by atoms with Crippen LogP contribution in [-0.4, -0.2) is 29.1 Å². The van der Waals surface area contributed by atoms with Crippen molar-refractivity contribution < 1.29 is 13.5 Å². The van der Waals surface area contributed by atoms with E-state index in [4.69, 9.17) is 4.74 Å². The Kier molecular flexibility index (Phi) is 3.31. The Morgan fingerprint density at radius 3 is 2.56 bits per heavy atom. The quantitative estimate of drug-likeness (QED) is 0.903. The molecule has 0 bridgehead atoms. The fourth-order valence-electron chi connectivity index (χ4n) is 1.35. The molecule has 1 N–H and O–H groups in total. The summed E-state index contributed by atoms with van der Waals surface area (Å²) in [6, 6.07) is 3.21. The zero-order chi connectivity index (χ0) is 13.1. The maximum Gasteiger partial charge on any atom is 0.321 e. The topological polar surface area (TPSA) is 59.9 Å². The number of halogens is 2. The van der Waals surface area contributed by atoms with Crippen LogP contribution in [0.15, 0.2) is 18.2 Å². The van der Waals surface area contributed by atoms with Gasteiger partial charge < -0.3 is 10.1 Å². The summed E-state index contributed by atoms with van der Waals surface area (Å²) in [5, 5.41) is 2.70. The lowest BCUT2D eigenvalue weighted by atomic mass is 10.2. The third-order valence-corrected chi connectivity index (χ3v) is 2.19. The molecule has 5 nitrogen and oxygen atoms in total. The number of hydrogen-bond donors (Lipinski definition) is 1. The van der Waals surface area contributed by atoms with Crippen LogP contribution >= 0.6 is 0 Å². The molecule has 0 spiro atoms. The molecule has 18 heavy (non-hydrogen) atoms. The molecule has 0 fully saturated rings. The molecule has 0 aliphatic carbocycles. The van der Waals surface area contributed by atoms with Crippen LogP contribution in [0.1, 0.15) is 0 Å². The molecule has 0 saturated carbocycles. The Morgan fingerprint density at radius 1 is 1.17 bits per heavy atom. The fraction of sp³-hybridized carbons (Fsp3) is 0.182. The van der Waals surface area contributed by atoms with Gasteiger partial charge in [0.15, 0.2) is 5.82 Å². The average molecular weight is 252 g/mol. The summed E-state index contributed by atoms with van der Waals surface area (Å²) in [5.41, 5.74) is 0.0774. The molecule has 7 heteroatoms. The number of nitrogens with one attached hydrogen (secondary N) is 1. The summed E-state index contributed by atoms with van der Waals surface area (Å²) in [6.45, 7) is 0. The van der Waals surface area contributed by atoms with Crippen molar-refractivity contribution in [1.82, 2.24) is 15.0 Å². The van der Waals surface area contributed by atoms with Gasteiger partial charge in [0.05, 0.1) is 12.7 Å². The summed E-state index contributed by atoms with van der Waals surface area (Å²) >= 11 is 0. The molecule has 0 aliphatic heterocycles.